The number of nitrogens with two attached hydrogens (primary N) is 1. The van der Waals surface area contributed by atoms with Crippen LogP contribution in [0.5, 0.6) is 0 Å². The number of piperidine rings is 1. The molecule has 0 saturated carbocycles. The molecule has 1 aromatic rings. The van der Waals surface area contributed by atoms with Crippen molar-refractivity contribution in [3.05, 3.63) is 23.8 Å². The third kappa shape index (κ3) is 4.63. The molecule has 0 bridgehead atoms. The first-order valence-corrected chi connectivity index (χ1v) is 8.65. The van der Waals surface area contributed by atoms with Gasteiger partial charge in [-0.2, -0.15) is 0 Å². The third-order valence-electron chi connectivity index (χ3n) is 4.58. The van der Waals surface area contributed by atoms with Crippen LogP contribution in [-0.4, -0.2) is 31.1 Å². The standard InChI is InChI=1S/C18H28N4O2/c1-12(2)13(3)20-18(24)21-15-11-14(17(19)23)7-8-16(15)22-9-5-4-6-10-22/h7-8,11-13H,4-6,9-10H2,1-3H3,(H2,19,23)(H2,20,21,24)/t13-/m1/s1. The monoisotopic (exact) mass is 332 g/mol. The highest BCUT2D eigenvalue weighted by Crippen LogP contribution is 2.29. The van der Waals surface area contributed by atoms with E-state index >= 15 is 0 Å². The predicted octanol–water partition coefficient (Wildman–Crippen LogP) is 2.94. The Morgan fingerprint density at radius 1 is 1.12 bits per heavy atom. The van der Waals surface area contributed by atoms with Crippen molar-refractivity contribution in [1.29, 1.82) is 0 Å². The highest BCUT2D eigenvalue weighted by molar-refractivity contribution is 5.99. The lowest BCUT2D eigenvalue weighted by molar-refractivity contribution is 0.100. The molecule has 1 fully saturated rings. The molecular weight excluding hydrogens is 304 g/mol. The van der Waals surface area contributed by atoms with Crippen LogP contribution in [0.1, 0.15) is 50.4 Å². The lowest BCUT2D eigenvalue weighted by Gasteiger charge is -2.31. The van der Waals surface area contributed by atoms with Crippen molar-refractivity contribution in [3.63, 3.8) is 0 Å². The summed E-state index contributed by atoms with van der Waals surface area (Å²) in [6.45, 7) is 7.98. The SMILES string of the molecule is CC(C)[C@@H](C)NC(=O)Nc1cc(C(N)=O)ccc1N1CCCCC1. The molecule has 1 aliphatic heterocycles. The van der Waals surface area contributed by atoms with E-state index in [2.05, 4.69) is 29.4 Å². The molecule has 1 aromatic carbocycles. The van der Waals surface area contributed by atoms with Gasteiger partial charge in [-0.05, 0) is 50.3 Å². The molecule has 0 aromatic heterocycles. The van der Waals surface area contributed by atoms with E-state index in [1.807, 2.05) is 13.0 Å². The number of carbonyl (C=O) groups excluding carboxylic acids is 2. The van der Waals surface area contributed by atoms with Crippen molar-refractivity contribution in [2.75, 3.05) is 23.3 Å². The molecule has 1 aliphatic rings. The number of benzene rings is 1. The zero-order valence-corrected chi connectivity index (χ0v) is 14.8. The summed E-state index contributed by atoms with van der Waals surface area (Å²) in [4.78, 5) is 26.0. The number of anilines is 2. The Morgan fingerprint density at radius 3 is 2.38 bits per heavy atom. The summed E-state index contributed by atoms with van der Waals surface area (Å²) < 4.78 is 0. The van der Waals surface area contributed by atoms with Gasteiger partial charge in [0.05, 0.1) is 11.4 Å². The molecule has 1 saturated heterocycles. The number of amides is 3. The average molecular weight is 332 g/mol. The van der Waals surface area contributed by atoms with Crippen molar-refractivity contribution >= 4 is 23.3 Å². The first-order chi connectivity index (χ1) is 11.4. The summed E-state index contributed by atoms with van der Waals surface area (Å²) in [7, 11) is 0. The molecule has 6 heteroatoms. The van der Waals surface area contributed by atoms with Crippen LogP contribution in [0.15, 0.2) is 18.2 Å². The van der Waals surface area contributed by atoms with E-state index in [0.29, 0.717) is 17.2 Å². The molecule has 3 amide bonds. The predicted molar refractivity (Wildman–Crippen MR) is 97.5 cm³/mol. The number of urea groups is 1. The fraction of sp³-hybridized carbons (Fsp3) is 0.556. The van der Waals surface area contributed by atoms with E-state index in [4.69, 9.17) is 5.73 Å². The topological polar surface area (TPSA) is 87.5 Å². The molecule has 4 N–H and O–H groups in total. The zero-order chi connectivity index (χ0) is 17.7. The van der Waals surface area contributed by atoms with Crippen molar-refractivity contribution in [2.45, 2.75) is 46.1 Å². The number of hydrogen-bond acceptors (Lipinski definition) is 3. The van der Waals surface area contributed by atoms with Crippen LogP contribution in [0.2, 0.25) is 0 Å². The minimum Gasteiger partial charge on any atom is -0.370 e. The van der Waals surface area contributed by atoms with E-state index in [1.165, 1.54) is 6.42 Å². The second-order valence-corrected chi connectivity index (χ2v) is 6.78. The maximum atomic E-state index is 12.3. The zero-order valence-electron chi connectivity index (χ0n) is 14.8. The number of rotatable bonds is 5. The Hall–Kier alpha value is -2.24. The van der Waals surface area contributed by atoms with E-state index in [0.717, 1.165) is 31.6 Å². The molecule has 1 atom stereocenters. The van der Waals surface area contributed by atoms with Gasteiger partial charge in [0.2, 0.25) is 5.91 Å². The second-order valence-electron chi connectivity index (χ2n) is 6.78. The van der Waals surface area contributed by atoms with E-state index in [-0.39, 0.29) is 12.1 Å². The van der Waals surface area contributed by atoms with E-state index in [9.17, 15) is 9.59 Å². The summed E-state index contributed by atoms with van der Waals surface area (Å²) >= 11 is 0. The second kappa shape index (κ2) is 8.04. The Labute approximate surface area is 143 Å². The molecule has 1 heterocycles. The Kier molecular flexibility index (Phi) is 6.06. The van der Waals surface area contributed by atoms with Gasteiger partial charge in [-0.3, -0.25) is 4.79 Å². The number of nitrogens with one attached hydrogen (secondary N) is 2. The molecule has 0 aliphatic carbocycles. The van der Waals surface area contributed by atoms with Crippen molar-refractivity contribution in [1.82, 2.24) is 5.32 Å². The summed E-state index contributed by atoms with van der Waals surface area (Å²) in [6, 6.07) is 5.03. The van der Waals surface area contributed by atoms with E-state index < -0.39 is 5.91 Å². The van der Waals surface area contributed by atoms with Gasteiger partial charge in [0.1, 0.15) is 0 Å². The third-order valence-corrected chi connectivity index (χ3v) is 4.58. The molecule has 0 spiro atoms. The van der Waals surface area contributed by atoms with Gasteiger partial charge in [0, 0.05) is 24.7 Å². The maximum Gasteiger partial charge on any atom is 0.319 e. The average Bonchev–Trinajstić information content (AvgIpc) is 2.55. The highest BCUT2D eigenvalue weighted by Gasteiger charge is 2.18. The van der Waals surface area contributed by atoms with Gasteiger partial charge in [0.15, 0.2) is 0 Å². The molecule has 0 radical (unpaired) electrons. The van der Waals surface area contributed by atoms with Crippen LogP contribution in [0, 0.1) is 5.92 Å². The van der Waals surface area contributed by atoms with Crippen LogP contribution in [0.3, 0.4) is 0 Å². The Balaban J connectivity index is 2.22. The minimum absolute atomic E-state index is 0.0581. The van der Waals surface area contributed by atoms with Gasteiger partial charge < -0.3 is 21.3 Å². The lowest BCUT2D eigenvalue weighted by Crippen LogP contribution is -2.39. The number of hydrogen-bond donors (Lipinski definition) is 3. The molecule has 132 valence electrons. The minimum atomic E-state index is -0.501. The first-order valence-electron chi connectivity index (χ1n) is 8.65. The van der Waals surface area contributed by atoms with Crippen LogP contribution >= 0.6 is 0 Å². The van der Waals surface area contributed by atoms with Gasteiger partial charge in [-0.15, -0.1) is 0 Å². The van der Waals surface area contributed by atoms with Gasteiger partial charge >= 0.3 is 6.03 Å². The van der Waals surface area contributed by atoms with Crippen LogP contribution in [0.25, 0.3) is 0 Å². The molecule has 0 unspecified atom stereocenters. The smallest absolute Gasteiger partial charge is 0.319 e. The van der Waals surface area contributed by atoms with Crippen molar-refractivity contribution < 1.29 is 9.59 Å². The number of nitrogens with zero attached hydrogens (tertiary/aromatic N) is 1. The van der Waals surface area contributed by atoms with Crippen molar-refractivity contribution in [3.8, 4) is 0 Å². The first kappa shape index (κ1) is 18.1. The van der Waals surface area contributed by atoms with Gasteiger partial charge in [-0.25, -0.2) is 4.79 Å². The van der Waals surface area contributed by atoms with Gasteiger partial charge in [-0.1, -0.05) is 13.8 Å². The molecule has 24 heavy (non-hydrogen) atoms. The van der Waals surface area contributed by atoms with E-state index in [1.54, 1.807) is 12.1 Å². The summed E-state index contributed by atoms with van der Waals surface area (Å²) in [5.74, 6) is -0.159. The molecule has 6 nitrogen and oxygen atoms in total. The largest absolute Gasteiger partial charge is 0.370 e. The maximum absolute atomic E-state index is 12.3. The highest BCUT2D eigenvalue weighted by atomic mass is 16.2. The summed E-state index contributed by atoms with van der Waals surface area (Å²) in [6.07, 6.45) is 3.49. The fourth-order valence-electron chi connectivity index (χ4n) is 2.73. The summed E-state index contributed by atoms with van der Waals surface area (Å²) in [5.41, 5.74) is 7.34. The normalized spacial score (nSPS) is 15.9. The van der Waals surface area contributed by atoms with Gasteiger partial charge in [0.25, 0.3) is 0 Å². The Morgan fingerprint density at radius 2 is 1.79 bits per heavy atom. The number of primary amides is 1. The summed E-state index contributed by atoms with van der Waals surface area (Å²) in [5, 5.41) is 5.81. The fourth-order valence-corrected chi connectivity index (χ4v) is 2.73. The van der Waals surface area contributed by atoms with Crippen LogP contribution in [0.4, 0.5) is 16.2 Å². The molecule has 2 rings (SSSR count). The lowest BCUT2D eigenvalue weighted by atomic mass is 10.1. The van der Waals surface area contributed by atoms with Crippen LogP contribution in [-0.2, 0) is 0 Å². The van der Waals surface area contributed by atoms with Crippen molar-refractivity contribution in [2.24, 2.45) is 11.7 Å². The van der Waals surface area contributed by atoms with Crippen LogP contribution < -0.4 is 21.3 Å². The quantitative estimate of drug-likeness (QED) is 0.774. The number of carbonyl (C=O) groups is 2. The Bertz CT molecular complexity index is 595. The molecular formula is C18H28N4O2.